The third-order valence-corrected chi connectivity index (χ3v) is 5.63. The van der Waals surface area contributed by atoms with Crippen LogP contribution in [0.3, 0.4) is 0 Å². The van der Waals surface area contributed by atoms with Crippen molar-refractivity contribution in [1.82, 2.24) is 5.16 Å². The van der Waals surface area contributed by atoms with Gasteiger partial charge in [-0.1, -0.05) is 49.3 Å². The largest absolute Gasteiger partial charge is 0.496 e. The molecule has 0 fully saturated rings. The Morgan fingerprint density at radius 3 is 2.28 bits per heavy atom. The summed E-state index contributed by atoms with van der Waals surface area (Å²) < 4.78 is 66.7. The lowest BCUT2D eigenvalue weighted by molar-refractivity contribution is -0.267. The fourth-order valence-corrected chi connectivity index (χ4v) is 4.02. The number of ether oxygens (including phenoxy) is 1. The molecule has 12 heteroatoms. The van der Waals surface area contributed by atoms with Crippen LogP contribution in [0.5, 0.6) is 5.75 Å². The second kappa shape index (κ2) is 11.3. The molecule has 4 N–H and O–H groups in total. The summed E-state index contributed by atoms with van der Waals surface area (Å²) in [6, 6.07) is 11.4. The summed E-state index contributed by atoms with van der Waals surface area (Å²) in [5.41, 5.74) is -5.16. The highest BCUT2D eigenvalue weighted by atomic mass is 32.1. The van der Waals surface area contributed by atoms with Gasteiger partial charge in [-0.05, 0) is 30.0 Å². The number of thiol groups is 1. The summed E-state index contributed by atoms with van der Waals surface area (Å²) in [5, 5.41) is 28.4. The lowest BCUT2D eigenvalue weighted by Gasteiger charge is -2.38. The van der Waals surface area contributed by atoms with Crippen LogP contribution in [0.15, 0.2) is 53.1 Å². The molecule has 0 aliphatic rings. The number of aliphatic hydroxyl groups is 1. The molecule has 1 heterocycles. The number of aromatic carboxylic acids is 1. The minimum absolute atomic E-state index is 0.110. The fourth-order valence-electron chi connectivity index (χ4n) is 4.02. The first-order chi connectivity index (χ1) is 16.8. The highest BCUT2D eigenvalue weighted by Crippen LogP contribution is 2.45. The Kier molecular flexibility index (Phi) is 9.16. The molecule has 0 spiro atoms. The Morgan fingerprint density at radius 2 is 1.75 bits per heavy atom. The fraction of sp³-hybridized carbons (Fsp3) is 0.333. The van der Waals surface area contributed by atoms with Gasteiger partial charge in [0.2, 0.25) is 0 Å². The van der Waals surface area contributed by atoms with Crippen LogP contribution in [-0.2, 0) is 11.8 Å². The first-order valence-electron chi connectivity index (χ1n) is 10.5. The van der Waals surface area contributed by atoms with Crippen molar-refractivity contribution >= 4 is 18.8 Å². The van der Waals surface area contributed by atoms with E-state index in [1.807, 2.05) is 0 Å². The highest BCUT2D eigenvalue weighted by Gasteiger charge is 2.57. The van der Waals surface area contributed by atoms with E-state index < -0.39 is 53.1 Å². The van der Waals surface area contributed by atoms with E-state index >= 15 is 0 Å². The highest BCUT2D eigenvalue weighted by molar-refractivity contribution is 7.77. The maximum Gasteiger partial charge on any atom is 0.417 e. The number of rotatable bonds is 8. The molecular formula is C24H26F4N2O5S. The molecule has 0 radical (unpaired) electrons. The van der Waals surface area contributed by atoms with Gasteiger partial charge in [0.1, 0.15) is 22.8 Å². The quantitative estimate of drug-likeness (QED) is 0.234. The Labute approximate surface area is 210 Å². The van der Waals surface area contributed by atoms with Gasteiger partial charge in [-0.15, -0.1) is 12.8 Å². The maximum absolute atomic E-state index is 14.2. The lowest BCUT2D eigenvalue weighted by atomic mass is 9.73. The molecule has 2 aromatic carbocycles. The summed E-state index contributed by atoms with van der Waals surface area (Å²) in [4.78, 5) is 11.9. The van der Waals surface area contributed by atoms with Gasteiger partial charge in [0.15, 0.2) is 11.4 Å². The SMILES string of the molecule is COc1ccc(F)cc1C(C)(C)CC(O)(Cc1onc(-c2ccccc2)c1C(=O)O)C(F)(F)F.NS. The predicted molar refractivity (Wildman–Crippen MR) is 127 cm³/mol. The van der Waals surface area contributed by atoms with E-state index in [0.717, 1.165) is 12.1 Å². The van der Waals surface area contributed by atoms with Crippen LogP contribution in [-0.4, -0.2) is 40.2 Å². The molecule has 3 aromatic rings. The minimum Gasteiger partial charge on any atom is -0.496 e. The number of carboxylic acid groups (broad SMARTS) is 1. The van der Waals surface area contributed by atoms with Crippen molar-refractivity contribution in [3.63, 3.8) is 0 Å². The number of halogens is 4. The van der Waals surface area contributed by atoms with E-state index in [9.17, 15) is 32.6 Å². The number of hydrogen-bond donors (Lipinski definition) is 4. The van der Waals surface area contributed by atoms with Crippen LogP contribution in [0.25, 0.3) is 11.3 Å². The van der Waals surface area contributed by atoms with Gasteiger partial charge in [0.05, 0.1) is 7.11 Å². The summed E-state index contributed by atoms with van der Waals surface area (Å²) in [6.45, 7) is 2.80. The van der Waals surface area contributed by atoms with Crippen molar-refractivity contribution < 1.29 is 41.8 Å². The second-order valence-electron chi connectivity index (χ2n) is 8.61. The topological polar surface area (TPSA) is 119 Å². The van der Waals surface area contributed by atoms with Crippen molar-refractivity contribution in [3.05, 3.63) is 71.2 Å². The number of benzene rings is 2. The average Bonchev–Trinajstić information content (AvgIpc) is 3.23. The minimum atomic E-state index is -5.18. The van der Waals surface area contributed by atoms with Crippen LogP contribution in [0.4, 0.5) is 17.6 Å². The van der Waals surface area contributed by atoms with Gasteiger partial charge in [0.25, 0.3) is 0 Å². The van der Waals surface area contributed by atoms with E-state index in [0.29, 0.717) is 5.56 Å². The first-order valence-corrected chi connectivity index (χ1v) is 11.0. The smallest absolute Gasteiger partial charge is 0.417 e. The first kappa shape index (κ1) is 29.1. The number of carboxylic acids is 1. The molecule has 3 rings (SSSR count). The Hall–Kier alpha value is -3.09. The van der Waals surface area contributed by atoms with Gasteiger partial charge in [0, 0.05) is 17.5 Å². The van der Waals surface area contributed by atoms with Crippen molar-refractivity contribution in [3.8, 4) is 17.0 Å². The summed E-state index contributed by atoms with van der Waals surface area (Å²) in [6.07, 6.45) is -7.33. The number of methoxy groups -OCH3 is 1. The van der Waals surface area contributed by atoms with Gasteiger partial charge in [-0.25, -0.2) is 9.18 Å². The molecule has 0 amide bonds. The maximum atomic E-state index is 14.2. The number of hydrogen-bond acceptors (Lipinski definition) is 7. The molecule has 0 aliphatic carbocycles. The van der Waals surface area contributed by atoms with Crippen LogP contribution >= 0.6 is 12.8 Å². The van der Waals surface area contributed by atoms with E-state index in [4.69, 9.17) is 9.26 Å². The zero-order valence-corrected chi connectivity index (χ0v) is 20.5. The van der Waals surface area contributed by atoms with Gasteiger partial charge in [-0.2, -0.15) is 13.2 Å². The number of carbonyl (C=O) groups is 1. The molecule has 196 valence electrons. The van der Waals surface area contributed by atoms with Crippen molar-refractivity contribution in [2.24, 2.45) is 5.14 Å². The molecular weight excluding hydrogens is 504 g/mol. The van der Waals surface area contributed by atoms with Crippen molar-refractivity contribution in [2.45, 2.75) is 43.9 Å². The number of alkyl halides is 3. The zero-order chi connectivity index (χ0) is 27.3. The number of nitrogens with zero attached hydrogens (tertiary/aromatic N) is 1. The molecule has 0 bridgehead atoms. The standard InChI is InChI=1S/C24H23F4NO5.H3NS/c1-22(2,16-11-15(25)9-10-17(16)33-3)13-23(32,24(26,27)28)12-18-19(21(30)31)20(29-34-18)14-7-5-4-6-8-14;1-2/h4-11,32H,12-13H2,1-3H3,(H,30,31);2H,1H2. The normalized spacial score (nSPS) is 13.4. The van der Waals surface area contributed by atoms with E-state index in [1.165, 1.54) is 39.2 Å². The molecule has 0 aliphatic heterocycles. The van der Waals surface area contributed by atoms with Crippen LogP contribution < -0.4 is 9.88 Å². The average molecular weight is 531 g/mol. The van der Waals surface area contributed by atoms with E-state index in [2.05, 4.69) is 23.1 Å². The molecule has 7 nitrogen and oxygen atoms in total. The van der Waals surface area contributed by atoms with Gasteiger partial charge >= 0.3 is 12.1 Å². The molecule has 1 aromatic heterocycles. The Bertz CT molecular complexity index is 1180. The van der Waals surface area contributed by atoms with Gasteiger partial charge < -0.3 is 19.5 Å². The molecule has 36 heavy (non-hydrogen) atoms. The van der Waals surface area contributed by atoms with Crippen molar-refractivity contribution in [1.29, 1.82) is 0 Å². The summed E-state index contributed by atoms with van der Waals surface area (Å²) >= 11 is 3.03. The summed E-state index contributed by atoms with van der Waals surface area (Å²) in [5.74, 6) is -2.72. The number of aromatic nitrogens is 1. The number of nitrogens with two attached hydrogens (primary N) is 1. The second-order valence-corrected chi connectivity index (χ2v) is 8.61. The zero-order valence-electron chi connectivity index (χ0n) is 19.6. The predicted octanol–water partition coefficient (Wildman–Crippen LogP) is 5.18. The van der Waals surface area contributed by atoms with Crippen LogP contribution in [0.1, 0.15) is 41.9 Å². The Morgan fingerprint density at radius 1 is 1.14 bits per heavy atom. The third-order valence-electron chi connectivity index (χ3n) is 5.63. The molecule has 0 saturated carbocycles. The van der Waals surface area contributed by atoms with Crippen LogP contribution in [0, 0.1) is 5.82 Å². The lowest BCUT2D eigenvalue weighted by Crippen LogP contribution is -2.51. The van der Waals surface area contributed by atoms with E-state index in [1.54, 1.807) is 18.2 Å². The summed E-state index contributed by atoms with van der Waals surface area (Å²) in [7, 11) is 1.29. The monoisotopic (exact) mass is 530 g/mol. The van der Waals surface area contributed by atoms with Gasteiger partial charge in [-0.3, -0.25) is 5.14 Å². The third kappa shape index (κ3) is 6.18. The molecule has 0 saturated heterocycles. The van der Waals surface area contributed by atoms with Crippen LogP contribution in [0.2, 0.25) is 0 Å². The van der Waals surface area contributed by atoms with E-state index in [-0.39, 0.29) is 17.0 Å². The Balaban J connectivity index is 0.00000222. The molecule has 1 unspecified atom stereocenters. The molecule has 1 atom stereocenters. The van der Waals surface area contributed by atoms with Crippen molar-refractivity contribution in [2.75, 3.05) is 7.11 Å².